The van der Waals surface area contributed by atoms with Crippen LogP contribution in [-0.4, -0.2) is 12.2 Å². The molecule has 0 aromatic heterocycles. The van der Waals surface area contributed by atoms with Crippen LogP contribution in [0.1, 0.15) is 42.0 Å². The van der Waals surface area contributed by atoms with Gasteiger partial charge in [0.1, 0.15) is 5.75 Å². The number of aliphatic hydroxyl groups is 1. The summed E-state index contributed by atoms with van der Waals surface area (Å²) < 4.78 is 12.0. The average Bonchev–Trinajstić information content (AvgIpc) is 2.93. The Balaban J connectivity index is 1.99. The molecule has 0 fully saturated rings. The van der Waals surface area contributed by atoms with E-state index in [0.29, 0.717) is 22.8 Å². The van der Waals surface area contributed by atoms with Gasteiger partial charge in [0.05, 0.1) is 0 Å². The van der Waals surface area contributed by atoms with E-state index in [-0.39, 0.29) is 0 Å². The molecule has 1 N–H and O–H groups in total. The maximum atomic E-state index is 11.6. The normalized spacial score (nSPS) is 27.6. The largest absolute Gasteiger partial charge is 0.454 e. The third-order valence-electron chi connectivity index (χ3n) is 5.12. The zero-order valence-electron chi connectivity index (χ0n) is 13.6. The molecule has 1 aliphatic heterocycles. The van der Waals surface area contributed by atoms with E-state index in [0.717, 1.165) is 16.7 Å². The second-order valence-corrected chi connectivity index (χ2v) is 6.57. The van der Waals surface area contributed by atoms with Crippen LogP contribution in [0.4, 0.5) is 0 Å². The SMILES string of the molecule is C=C1c2ccccc2C2(OC)Oc3cc(C(C)C)ccc3C12O. The first-order chi connectivity index (χ1) is 11.0. The third kappa shape index (κ3) is 1.51. The first-order valence-corrected chi connectivity index (χ1v) is 7.86. The molecule has 2 aromatic rings. The molecule has 3 nitrogen and oxygen atoms in total. The van der Waals surface area contributed by atoms with Gasteiger partial charge in [-0.1, -0.05) is 56.8 Å². The van der Waals surface area contributed by atoms with Crippen molar-refractivity contribution in [1.29, 1.82) is 0 Å². The first kappa shape index (κ1) is 14.5. The van der Waals surface area contributed by atoms with Gasteiger partial charge >= 0.3 is 0 Å². The van der Waals surface area contributed by atoms with Gasteiger partial charge in [-0.25, -0.2) is 0 Å². The molecular weight excluding hydrogens is 288 g/mol. The molecule has 1 heterocycles. The van der Waals surface area contributed by atoms with E-state index in [2.05, 4.69) is 20.4 Å². The predicted molar refractivity (Wildman–Crippen MR) is 89.2 cm³/mol. The third-order valence-corrected chi connectivity index (χ3v) is 5.12. The van der Waals surface area contributed by atoms with Crippen LogP contribution in [0.2, 0.25) is 0 Å². The van der Waals surface area contributed by atoms with Crippen molar-refractivity contribution in [2.45, 2.75) is 31.2 Å². The molecule has 0 amide bonds. The number of ether oxygens (including phenoxy) is 2. The summed E-state index contributed by atoms with van der Waals surface area (Å²) in [6, 6.07) is 13.7. The van der Waals surface area contributed by atoms with Crippen LogP contribution < -0.4 is 4.74 Å². The van der Waals surface area contributed by atoms with E-state index >= 15 is 0 Å². The molecular formula is C20H20O3. The van der Waals surface area contributed by atoms with Crippen molar-refractivity contribution in [3.63, 3.8) is 0 Å². The summed E-state index contributed by atoms with van der Waals surface area (Å²) in [5, 5.41) is 11.6. The maximum absolute atomic E-state index is 11.6. The summed E-state index contributed by atoms with van der Waals surface area (Å²) in [7, 11) is 1.57. The summed E-state index contributed by atoms with van der Waals surface area (Å²) in [4.78, 5) is 0. The number of fused-ring (bicyclic) bond motifs is 5. The van der Waals surface area contributed by atoms with Gasteiger partial charge < -0.3 is 14.6 Å². The summed E-state index contributed by atoms with van der Waals surface area (Å²) in [6.07, 6.45) is 0. The van der Waals surface area contributed by atoms with E-state index in [9.17, 15) is 5.11 Å². The van der Waals surface area contributed by atoms with Crippen LogP contribution >= 0.6 is 0 Å². The Morgan fingerprint density at radius 3 is 2.57 bits per heavy atom. The monoisotopic (exact) mass is 308 g/mol. The van der Waals surface area contributed by atoms with Crippen LogP contribution in [0.15, 0.2) is 49.0 Å². The minimum Gasteiger partial charge on any atom is -0.454 e. The van der Waals surface area contributed by atoms with Crippen LogP contribution in [0.5, 0.6) is 5.75 Å². The van der Waals surface area contributed by atoms with Crippen LogP contribution in [0, 0.1) is 0 Å². The lowest BCUT2D eigenvalue weighted by atomic mass is 9.84. The zero-order chi connectivity index (χ0) is 16.4. The van der Waals surface area contributed by atoms with Crippen molar-refractivity contribution >= 4 is 5.57 Å². The Labute approximate surface area is 136 Å². The van der Waals surface area contributed by atoms with Gasteiger partial charge in [0.2, 0.25) is 0 Å². The van der Waals surface area contributed by atoms with E-state index in [1.165, 1.54) is 0 Å². The van der Waals surface area contributed by atoms with Gasteiger partial charge in [0.15, 0.2) is 5.60 Å². The summed E-state index contributed by atoms with van der Waals surface area (Å²) in [5.74, 6) is -0.220. The van der Waals surface area contributed by atoms with E-state index in [1.807, 2.05) is 42.5 Å². The van der Waals surface area contributed by atoms with Crippen molar-refractivity contribution in [3.8, 4) is 5.75 Å². The average molecular weight is 308 g/mol. The number of rotatable bonds is 2. The first-order valence-electron chi connectivity index (χ1n) is 7.86. The van der Waals surface area contributed by atoms with E-state index < -0.39 is 11.4 Å². The smallest absolute Gasteiger partial charge is 0.275 e. The highest BCUT2D eigenvalue weighted by molar-refractivity contribution is 5.84. The minimum absolute atomic E-state index is 0.382. The minimum atomic E-state index is -1.41. The molecule has 1 aliphatic carbocycles. The number of hydrogen-bond acceptors (Lipinski definition) is 3. The fourth-order valence-corrected chi connectivity index (χ4v) is 3.83. The highest BCUT2D eigenvalue weighted by Crippen LogP contribution is 2.64. The molecule has 23 heavy (non-hydrogen) atoms. The highest BCUT2D eigenvalue weighted by Gasteiger charge is 2.68. The molecule has 0 saturated heterocycles. The van der Waals surface area contributed by atoms with Crippen molar-refractivity contribution < 1.29 is 14.6 Å². The van der Waals surface area contributed by atoms with Gasteiger partial charge in [-0.15, -0.1) is 0 Å². The van der Waals surface area contributed by atoms with E-state index in [4.69, 9.17) is 9.47 Å². The molecule has 0 saturated carbocycles. The molecule has 4 rings (SSSR count). The zero-order valence-corrected chi connectivity index (χ0v) is 13.6. The van der Waals surface area contributed by atoms with Crippen LogP contribution in [0.3, 0.4) is 0 Å². The topological polar surface area (TPSA) is 38.7 Å². The molecule has 2 aliphatic rings. The molecule has 2 unspecified atom stereocenters. The number of methoxy groups -OCH3 is 1. The Bertz CT molecular complexity index is 823. The Morgan fingerprint density at radius 2 is 1.87 bits per heavy atom. The summed E-state index contributed by atoms with van der Waals surface area (Å²) >= 11 is 0. The second-order valence-electron chi connectivity index (χ2n) is 6.57. The maximum Gasteiger partial charge on any atom is 0.275 e. The molecule has 0 bridgehead atoms. The van der Waals surface area contributed by atoms with Gasteiger partial charge in [-0.05, 0) is 28.7 Å². The van der Waals surface area contributed by atoms with E-state index in [1.54, 1.807) is 7.11 Å². The standard InChI is InChI=1S/C20H20O3/c1-12(2)14-9-10-17-18(11-14)23-20(22-4)16-8-6-5-7-15(16)13(3)19(17,20)21/h5-12,21H,3H2,1-2,4H3. The van der Waals surface area contributed by atoms with Crippen molar-refractivity contribution in [2.75, 3.05) is 7.11 Å². The molecule has 2 atom stereocenters. The molecule has 118 valence electrons. The molecule has 3 heteroatoms. The van der Waals surface area contributed by atoms with Gasteiger partial charge in [0.25, 0.3) is 5.79 Å². The number of hydrogen-bond donors (Lipinski definition) is 1. The van der Waals surface area contributed by atoms with Gasteiger partial charge in [-0.2, -0.15) is 0 Å². The fraction of sp³-hybridized carbons (Fsp3) is 0.300. The predicted octanol–water partition coefficient (Wildman–Crippen LogP) is 3.92. The molecule has 0 radical (unpaired) electrons. The van der Waals surface area contributed by atoms with Crippen molar-refractivity contribution in [1.82, 2.24) is 0 Å². The van der Waals surface area contributed by atoms with Gasteiger partial charge in [0, 0.05) is 18.2 Å². The fourth-order valence-electron chi connectivity index (χ4n) is 3.83. The lowest BCUT2D eigenvalue weighted by molar-refractivity contribution is -0.241. The van der Waals surface area contributed by atoms with Crippen molar-refractivity contribution in [2.24, 2.45) is 0 Å². The lowest BCUT2D eigenvalue weighted by Gasteiger charge is -2.34. The Hall–Kier alpha value is -2.10. The second kappa shape index (κ2) is 4.47. The molecule has 2 aromatic carbocycles. The Morgan fingerprint density at radius 1 is 1.13 bits per heavy atom. The van der Waals surface area contributed by atoms with Crippen molar-refractivity contribution in [3.05, 3.63) is 71.3 Å². The Kier molecular flexibility index (Phi) is 2.81. The quantitative estimate of drug-likeness (QED) is 0.914. The summed E-state index contributed by atoms with van der Waals surface area (Å²) in [5.41, 5.74) is 2.79. The van der Waals surface area contributed by atoms with Crippen LogP contribution in [0.25, 0.3) is 5.57 Å². The number of benzene rings is 2. The molecule has 0 spiro atoms. The van der Waals surface area contributed by atoms with Gasteiger partial charge in [-0.3, -0.25) is 0 Å². The summed E-state index contributed by atoms with van der Waals surface area (Å²) in [6.45, 7) is 8.41. The van der Waals surface area contributed by atoms with Crippen LogP contribution in [-0.2, 0) is 16.1 Å². The highest BCUT2D eigenvalue weighted by atomic mass is 16.7. The lowest BCUT2D eigenvalue weighted by Crippen LogP contribution is -2.46.